The third kappa shape index (κ3) is 2.69. The molecule has 0 spiro atoms. The number of hydrogen-bond donors (Lipinski definition) is 1. The molecule has 2 rings (SSSR count). The number of rotatable bonds is 3. The van der Waals surface area contributed by atoms with Gasteiger partial charge >= 0.3 is 0 Å². The number of anilines is 2. The predicted molar refractivity (Wildman–Crippen MR) is 65.0 cm³/mol. The minimum absolute atomic E-state index is 0.220. The molecule has 0 amide bonds. The zero-order valence-corrected chi connectivity index (χ0v) is 9.47. The van der Waals surface area contributed by atoms with Crippen molar-refractivity contribution >= 4 is 11.6 Å². The molecule has 2 aromatic rings. The first-order chi connectivity index (χ1) is 8.16. The number of hydrogen-bond acceptors (Lipinski definition) is 4. The fourth-order valence-electron chi connectivity index (χ4n) is 1.50. The summed E-state index contributed by atoms with van der Waals surface area (Å²) in [4.78, 5) is 1.81. The van der Waals surface area contributed by atoms with Crippen molar-refractivity contribution in [2.45, 2.75) is 6.54 Å². The van der Waals surface area contributed by atoms with Crippen LogP contribution in [0.15, 0.2) is 36.4 Å². The zero-order chi connectivity index (χ0) is 12.3. The lowest BCUT2D eigenvalue weighted by Crippen LogP contribution is -2.19. The fourth-order valence-corrected chi connectivity index (χ4v) is 1.50. The summed E-state index contributed by atoms with van der Waals surface area (Å²) in [5.41, 5.74) is 6.07. The lowest BCUT2D eigenvalue weighted by atomic mass is 10.2. The van der Waals surface area contributed by atoms with Crippen LogP contribution in [0.1, 0.15) is 5.56 Å². The molecular formula is C12H13FN4. The van der Waals surface area contributed by atoms with E-state index in [4.69, 9.17) is 5.73 Å². The summed E-state index contributed by atoms with van der Waals surface area (Å²) in [6, 6.07) is 10.1. The Labute approximate surface area is 98.9 Å². The molecule has 1 aromatic heterocycles. The molecular weight excluding hydrogens is 219 g/mol. The summed E-state index contributed by atoms with van der Waals surface area (Å²) in [5, 5.41) is 7.69. The average Bonchev–Trinajstić information content (AvgIpc) is 2.33. The summed E-state index contributed by atoms with van der Waals surface area (Å²) in [6.45, 7) is 0.436. The maximum Gasteiger partial charge on any atom is 0.151 e. The third-order valence-electron chi connectivity index (χ3n) is 2.43. The van der Waals surface area contributed by atoms with Crippen LogP contribution < -0.4 is 10.6 Å². The number of halogens is 1. The van der Waals surface area contributed by atoms with Gasteiger partial charge in [-0.3, -0.25) is 0 Å². The van der Waals surface area contributed by atoms with E-state index in [9.17, 15) is 4.39 Å². The highest BCUT2D eigenvalue weighted by atomic mass is 19.1. The molecule has 0 fully saturated rings. The highest BCUT2D eigenvalue weighted by molar-refractivity contribution is 5.41. The van der Waals surface area contributed by atoms with E-state index in [1.54, 1.807) is 30.3 Å². The quantitative estimate of drug-likeness (QED) is 0.877. The first-order valence-corrected chi connectivity index (χ1v) is 5.20. The standard InChI is InChI=1S/C12H13FN4/c1-17(12-7-6-11(14)15-16-12)8-9-4-2-3-5-10(9)13/h2-7H,8H2,1H3,(H2,14,15). The van der Waals surface area contributed by atoms with E-state index in [2.05, 4.69) is 10.2 Å². The maximum atomic E-state index is 13.4. The SMILES string of the molecule is CN(Cc1ccccc1F)c1ccc(N)nn1. The Bertz CT molecular complexity index is 498. The van der Waals surface area contributed by atoms with Crippen molar-refractivity contribution < 1.29 is 4.39 Å². The first kappa shape index (κ1) is 11.3. The van der Waals surface area contributed by atoms with E-state index in [1.807, 2.05) is 11.9 Å². The van der Waals surface area contributed by atoms with Crippen molar-refractivity contribution in [3.63, 3.8) is 0 Å². The van der Waals surface area contributed by atoms with E-state index in [0.29, 0.717) is 23.7 Å². The number of benzene rings is 1. The van der Waals surface area contributed by atoms with Gasteiger partial charge in [-0.25, -0.2) is 4.39 Å². The molecule has 4 nitrogen and oxygen atoms in total. The van der Waals surface area contributed by atoms with Crippen LogP contribution in [-0.4, -0.2) is 17.2 Å². The largest absolute Gasteiger partial charge is 0.382 e. The van der Waals surface area contributed by atoms with E-state index in [1.165, 1.54) is 6.07 Å². The lowest BCUT2D eigenvalue weighted by Gasteiger charge is -2.17. The number of aromatic nitrogens is 2. The molecule has 17 heavy (non-hydrogen) atoms. The normalized spacial score (nSPS) is 10.2. The third-order valence-corrected chi connectivity index (χ3v) is 2.43. The van der Waals surface area contributed by atoms with Crippen LogP contribution in [0.5, 0.6) is 0 Å². The highest BCUT2D eigenvalue weighted by Gasteiger charge is 2.07. The van der Waals surface area contributed by atoms with Crippen molar-refractivity contribution in [1.82, 2.24) is 10.2 Å². The molecule has 1 aromatic carbocycles. The molecule has 0 saturated heterocycles. The van der Waals surface area contributed by atoms with Crippen LogP contribution >= 0.6 is 0 Å². The molecule has 0 aliphatic rings. The van der Waals surface area contributed by atoms with Gasteiger partial charge in [0.15, 0.2) is 5.82 Å². The van der Waals surface area contributed by atoms with Crippen molar-refractivity contribution in [2.24, 2.45) is 0 Å². The van der Waals surface area contributed by atoms with Crippen LogP contribution in [0.2, 0.25) is 0 Å². The van der Waals surface area contributed by atoms with E-state index >= 15 is 0 Å². The second kappa shape index (κ2) is 4.78. The Kier molecular flexibility index (Phi) is 3.18. The summed E-state index contributed by atoms with van der Waals surface area (Å²) < 4.78 is 13.4. The Morgan fingerprint density at radius 3 is 2.59 bits per heavy atom. The van der Waals surface area contributed by atoms with Gasteiger partial charge in [-0.15, -0.1) is 10.2 Å². The topological polar surface area (TPSA) is 55.0 Å². The number of nitrogens with two attached hydrogens (primary N) is 1. The van der Waals surface area contributed by atoms with Crippen LogP contribution in [0.3, 0.4) is 0 Å². The highest BCUT2D eigenvalue weighted by Crippen LogP contribution is 2.14. The van der Waals surface area contributed by atoms with Crippen molar-refractivity contribution in [2.75, 3.05) is 17.7 Å². The van der Waals surface area contributed by atoms with Gasteiger partial charge in [0.25, 0.3) is 0 Å². The maximum absolute atomic E-state index is 13.4. The average molecular weight is 232 g/mol. The second-order valence-electron chi connectivity index (χ2n) is 3.76. The molecule has 2 N–H and O–H groups in total. The number of nitrogens with zero attached hydrogens (tertiary/aromatic N) is 3. The summed E-state index contributed by atoms with van der Waals surface area (Å²) in [5.74, 6) is 0.804. The molecule has 0 unspecified atom stereocenters. The molecule has 0 atom stereocenters. The summed E-state index contributed by atoms with van der Waals surface area (Å²) >= 11 is 0. The minimum Gasteiger partial charge on any atom is -0.382 e. The lowest BCUT2D eigenvalue weighted by molar-refractivity contribution is 0.607. The monoisotopic (exact) mass is 232 g/mol. The van der Waals surface area contributed by atoms with E-state index in [0.717, 1.165) is 0 Å². The van der Waals surface area contributed by atoms with E-state index < -0.39 is 0 Å². The fraction of sp³-hybridized carbons (Fsp3) is 0.167. The van der Waals surface area contributed by atoms with Gasteiger partial charge in [0, 0.05) is 19.2 Å². The second-order valence-corrected chi connectivity index (χ2v) is 3.76. The van der Waals surface area contributed by atoms with Crippen molar-refractivity contribution in [1.29, 1.82) is 0 Å². The Morgan fingerprint density at radius 2 is 1.94 bits per heavy atom. The molecule has 1 heterocycles. The molecule has 88 valence electrons. The molecule has 0 radical (unpaired) electrons. The van der Waals surface area contributed by atoms with Gasteiger partial charge in [-0.05, 0) is 18.2 Å². The molecule has 5 heteroatoms. The van der Waals surface area contributed by atoms with Gasteiger partial charge in [0.2, 0.25) is 0 Å². The van der Waals surface area contributed by atoms with Crippen molar-refractivity contribution in [3.8, 4) is 0 Å². The van der Waals surface area contributed by atoms with Crippen LogP contribution in [0.4, 0.5) is 16.0 Å². The van der Waals surface area contributed by atoms with Gasteiger partial charge < -0.3 is 10.6 Å². The predicted octanol–water partition coefficient (Wildman–Crippen LogP) is 1.83. The zero-order valence-electron chi connectivity index (χ0n) is 9.47. The smallest absolute Gasteiger partial charge is 0.151 e. The first-order valence-electron chi connectivity index (χ1n) is 5.20. The van der Waals surface area contributed by atoms with Crippen LogP contribution in [0.25, 0.3) is 0 Å². The van der Waals surface area contributed by atoms with Gasteiger partial charge in [-0.1, -0.05) is 18.2 Å². The summed E-state index contributed by atoms with van der Waals surface area (Å²) in [7, 11) is 1.83. The van der Waals surface area contributed by atoms with Crippen LogP contribution in [-0.2, 0) is 6.54 Å². The molecule has 0 bridgehead atoms. The van der Waals surface area contributed by atoms with Crippen LogP contribution in [0, 0.1) is 5.82 Å². The molecule has 0 aliphatic carbocycles. The Morgan fingerprint density at radius 1 is 1.18 bits per heavy atom. The van der Waals surface area contributed by atoms with E-state index in [-0.39, 0.29) is 5.82 Å². The van der Waals surface area contributed by atoms with Gasteiger partial charge in [0.05, 0.1) is 0 Å². The minimum atomic E-state index is -0.220. The molecule has 0 saturated carbocycles. The van der Waals surface area contributed by atoms with Gasteiger partial charge in [-0.2, -0.15) is 0 Å². The van der Waals surface area contributed by atoms with Crippen molar-refractivity contribution in [3.05, 3.63) is 47.8 Å². The molecule has 0 aliphatic heterocycles. The Balaban J connectivity index is 2.14. The summed E-state index contributed by atoms with van der Waals surface area (Å²) in [6.07, 6.45) is 0. The number of nitrogen functional groups attached to an aromatic ring is 1. The Hall–Kier alpha value is -2.17. The van der Waals surface area contributed by atoms with Gasteiger partial charge in [0.1, 0.15) is 11.6 Å².